The van der Waals surface area contributed by atoms with E-state index >= 15 is 0 Å². The number of aliphatic hydroxyl groups excluding tert-OH is 1. The lowest BCUT2D eigenvalue weighted by atomic mass is 9.83. The zero-order chi connectivity index (χ0) is 14.9. The van der Waals surface area contributed by atoms with Crippen molar-refractivity contribution < 1.29 is 14.6 Å². The van der Waals surface area contributed by atoms with Gasteiger partial charge in [-0.3, -0.25) is 0 Å². The molecule has 19 heavy (non-hydrogen) atoms. The van der Waals surface area contributed by atoms with Crippen molar-refractivity contribution in [1.82, 2.24) is 5.32 Å². The summed E-state index contributed by atoms with van der Waals surface area (Å²) in [5, 5.41) is 12.4. The minimum atomic E-state index is -0.490. The minimum absolute atomic E-state index is 0.0869. The SMILES string of the molecule is CCSCCC(CC)(CO)CNC(=O)OC(C)(C)C. The average molecular weight is 291 g/mol. The van der Waals surface area contributed by atoms with E-state index in [-0.39, 0.29) is 12.0 Å². The molecule has 0 aliphatic carbocycles. The van der Waals surface area contributed by atoms with Gasteiger partial charge < -0.3 is 15.2 Å². The summed E-state index contributed by atoms with van der Waals surface area (Å²) in [4.78, 5) is 11.6. The molecule has 0 aliphatic rings. The average Bonchev–Trinajstić information content (AvgIpc) is 2.32. The van der Waals surface area contributed by atoms with Gasteiger partial charge in [0.05, 0.1) is 6.61 Å². The monoisotopic (exact) mass is 291 g/mol. The smallest absolute Gasteiger partial charge is 0.407 e. The number of rotatable bonds is 8. The molecule has 0 spiro atoms. The fourth-order valence-electron chi connectivity index (χ4n) is 1.64. The Hall–Kier alpha value is -0.420. The van der Waals surface area contributed by atoms with Crippen LogP contribution in [0.4, 0.5) is 4.79 Å². The quantitative estimate of drug-likeness (QED) is 0.675. The van der Waals surface area contributed by atoms with Crippen molar-refractivity contribution in [1.29, 1.82) is 0 Å². The second-order valence-electron chi connectivity index (χ2n) is 5.81. The van der Waals surface area contributed by atoms with Gasteiger partial charge in [0.2, 0.25) is 0 Å². The molecule has 0 saturated heterocycles. The number of hydrogen-bond acceptors (Lipinski definition) is 4. The predicted octanol–water partition coefficient (Wildman–Crippen LogP) is 3.04. The van der Waals surface area contributed by atoms with Crippen molar-refractivity contribution in [2.45, 2.75) is 53.1 Å². The van der Waals surface area contributed by atoms with Crippen LogP contribution in [-0.2, 0) is 4.74 Å². The van der Waals surface area contributed by atoms with Crippen LogP contribution in [0.3, 0.4) is 0 Å². The maximum Gasteiger partial charge on any atom is 0.407 e. The highest BCUT2D eigenvalue weighted by atomic mass is 32.2. The molecular weight excluding hydrogens is 262 g/mol. The number of ether oxygens (including phenoxy) is 1. The van der Waals surface area contributed by atoms with E-state index < -0.39 is 11.7 Å². The first-order valence-corrected chi connectivity index (χ1v) is 8.09. The van der Waals surface area contributed by atoms with Crippen LogP contribution < -0.4 is 5.32 Å². The van der Waals surface area contributed by atoms with Gasteiger partial charge in [-0.1, -0.05) is 13.8 Å². The molecule has 0 fully saturated rings. The summed E-state index contributed by atoms with van der Waals surface area (Å²) >= 11 is 1.85. The molecule has 1 unspecified atom stereocenters. The summed E-state index contributed by atoms with van der Waals surface area (Å²) in [6, 6.07) is 0. The fourth-order valence-corrected chi connectivity index (χ4v) is 2.51. The number of carbonyl (C=O) groups is 1. The fraction of sp³-hybridized carbons (Fsp3) is 0.929. The lowest BCUT2D eigenvalue weighted by molar-refractivity contribution is 0.0458. The standard InChI is InChI=1S/C14H29NO3S/c1-6-14(11-16,8-9-19-7-2)10-15-12(17)18-13(3,4)5/h16H,6-11H2,1-5H3,(H,15,17). The molecule has 1 atom stereocenters. The largest absolute Gasteiger partial charge is 0.444 e. The van der Waals surface area contributed by atoms with E-state index in [4.69, 9.17) is 4.74 Å². The minimum Gasteiger partial charge on any atom is -0.444 e. The number of aliphatic hydroxyl groups is 1. The topological polar surface area (TPSA) is 58.6 Å². The van der Waals surface area contributed by atoms with Crippen molar-refractivity contribution in [3.8, 4) is 0 Å². The number of nitrogens with one attached hydrogen (secondary N) is 1. The van der Waals surface area contributed by atoms with Crippen molar-refractivity contribution in [2.24, 2.45) is 5.41 Å². The molecule has 0 aromatic heterocycles. The number of thioether (sulfide) groups is 1. The van der Waals surface area contributed by atoms with Crippen LogP contribution in [0.1, 0.15) is 47.5 Å². The van der Waals surface area contributed by atoms with Gasteiger partial charge in [-0.2, -0.15) is 11.8 Å². The van der Waals surface area contributed by atoms with E-state index in [0.717, 1.165) is 24.3 Å². The molecule has 4 nitrogen and oxygen atoms in total. The molecule has 0 radical (unpaired) electrons. The highest BCUT2D eigenvalue weighted by Gasteiger charge is 2.28. The van der Waals surface area contributed by atoms with Crippen molar-refractivity contribution >= 4 is 17.9 Å². The van der Waals surface area contributed by atoms with Gasteiger partial charge in [-0.05, 0) is 45.1 Å². The first-order chi connectivity index (χ1) is 8.78. The van der Waals surface area contributed by atoms with Crippen molar-refractivity contribution in [3.05, 3.63) is 0 Å². The number of hydrogen-bond donors (Lipinski definition) is 2. The molecule has 2 N–H and O–H groups in total. The Balaban J connectivity index is 4.30. The lowest BCUT2D eigenvalue weighted by Crippen LogP contribution is -2.42. The Kier molecular flexibility index (Phi) is 8.50. The van der Waals surface area contributed by atoms with Crippen LogP contribution in [0.25, 0.3) is 0 Å². The summed E-state index contributed by atoms with van der Waals surface area (Å²) in [6.07, 6.45) is 1.32. The van der Waals surface area contributed by atoms with Gasteiger partial charge in [-0.25, -0.2) is 4.79 Å². The van der Waals surface area contributed by atoms with Crippen LogP contribution in [0.15, 0.2) is 0 Å². The third-order valence-corrected chi connectivity index (χ3v) is 3.97. The van der Waals surface area contributed by atoms with E-state index in [1.54, 1.807) is 0 Å². The molecule has 0 aromatic carbocycles. The molecule has 0 bridgehead atoms. The Bertz CT molecular complexity index is 260. The molecule has 0 rings (SSSR count). The van der Waals surface area contributed by atoms with Crippen LogP contribution in [0, 0.1) is 5.41 Å². The van der Waals surface area contributed by atoms with E-state index in [0.29, 0.717) is 6.54 Å². The van der Waals surface area contributed by atoms with E-state index in [2.05, 4.69) is 12.2 Å². The van der Waals surface area contributed by atoms with Gasteiger partial charge in [0.25, 0.3) is 0 Å². The molecular formula is C14H29NO3S. The Morgan fingerprint density at radius 3 is 2.37 bits per heavy atom. The van der Waals surface area contributed by atoms with E-state index in [1.807, 2.05) is 39.5 Å². The molecule has 0 saturated carbocycles. The first-order valence-electron chi connectivity index (χ1n) is 6.94. The summed E-state index contributed by atoms with van der Waals surface area (Å²) in [7, 11) is 0. The zero-order valence-corrected chi connectivity index (χ0v) is 13.7. The van der Waals surface area contributed by atoms with Gasteiger partial charge in [0.15, 0.2) is 0 Å². The van der Waals surface area contributed by atoms with Gasteiger partial charge in [0, 0.05) is 12.0 Å². The Morgan fingerprint density at radius 2 is 1.95 bits per heavy atom. The van der Waals surface area contributed by atoms with Crippen LogP contribution >= 0.6 is 11.8 Å². The Morgan fingerprint density at radius 1 is 1.32 bits per heavy atom. The van der Waals surface area contributed by atoms with Crippen LogP contribution in [0.5, 0.6) is 0 Å². The number of alkyl carbamates (subject to hydrolysis) is 1. The highest BCUT2D eigenvalue weighted by molar-refractivity contribution is 7.99. The maximum absolute atomic E-state index is 11.6. The van der Waals surface area contributed by atoms with Crippen molar-refractivity contribution in [3.63, 3.8) is 0 Å². The van der Waals surface area contributed by atoms with E-state index in [9.17, 15) is 9.90 Å². The maximum atomic E-state index is 11.6. The highest BCUT2D eigenvalue weighted by Crippen LogP contribution is 2.27. The second-order valence-corrected chi connectivity index (χ2v) is 7.21. The second kappa shape index (κ2) is 8.69. The third kappa shape index (κ3) is 8.37. The molecule has 5 heteroatoms. The molecule has 114 valence electrons. The normalized spacial score (nSPS) is 14.8. The van der Waals surface area contributed by atoms with Crippen molar-refractivity contribution in [2.75, 3.05) is 24.7 Å². The molecule has 1 amide bonds. The van der Waals surface area contributed by atoms with Crippen LogP contribution in [0.2, 0.25) is 0 Å². The summed E-state index contributed by atoms with van der Waals surface area (Å²) < 4.78 is 5.21. The zero-order valence-electron chi connectivity index (χ0n) is 12.9. The molecule has 0 heterocycles. The number of carbonyl (C=O) groups excluding carboxylic acids is 1. The van der Waals surface area contributed by atoms with Gasteiger partial charge >= 0.3 is 6.09 Å². The molecule has 0 aliphatic heterocycles. The predicted molar refractivity (Wildman–Crippen MR) is 81.7 cm³/mol. The van der Waals surface area contributed by atoms with Gasteiger partial charge in [-0.15, -0.1) is 0 Å². The summed E-state index contributed by atoms with van der Waals surface area (Å²) in [5.41, 5.74) is -0.727. The molecule has 0 aromatic rings. The Labute approximate surface area is 121 Å². The van der Waals surface area contributed by atoms with Crippen LogP contribution in [-0.4, -0.2) is 41.5 Å². The van der Waals surface area contributed by atoms with Gasteiger partial charge in [0.1, 0.15) is 5.60 Å². The summed E-state index contributed by atoms with van der Waals surface area (Å²) in [6.45, 7) is 10.2. The number of amides is 1. The van der Waals surface area contributed by atoms with E-state index in [1.165, 1.54) is 0 Å². The first kappa shape index (κ1) is 18.6. The lowest BCUT2D eigenvalue weighted by Gasteiger charge is -2.31. The summed E-state index contributed by atoms with van der Waals surface area (Å²) in [5.74, 6) is 2.08. The third-order valence-electron chi connectivity index (χ3n) is 3.07.